The van der Waals surface area contributed by atoms with Crippen molar-refractivity contribution in [3.63, 3.8) is 0 Å². The van der Waals surface area contributed by atoms with Crippen molar-refractivity contribution in [2.24, 2.45) is 0 Å². The topological polar surface area (TPSA) is 206 Å². The number of hydrogen-bond acceptors (Lipinski definition) is 10. The Morgan fingerprint density at radius 3 is 1.25 bits per heavy atom. The summed E-state index contributed by atoms with van der Waals surface area (Å²) in [6.45, 7) is 3.85. The second-order valence-corrected chi connectivity index (χ2v) is 19.4. The van der Waals surface area contributed by atoms with E-state index in [1.807, 2.05) is 6.08 Å². The van der Waals surface area contributed by atoms with Crippen LogP contribution in [0, 0.1) is 0 Å². The van der Waals surface area contributed by atoms with Gasteiger partial charge >= 0.3 is 7.82 Å². The van der Waals surface area contributed by atoms with Gasteiger partial charge in [0.2, 0.25) is 5.91 Å². The van der Waals surface area contributed by atoms with Gasteiger partial charge in [-0.25, -0.2) is 4.57 Å². The highest BCUT2D eigenvalue weighted by molar-refractivity contribution is 7.47. The fourth-order valence-corrected chi connectivity index (χ4v) is 9.17. The average molecular weight is 892 g/mol. The van der Waals surface area contributed by atoms with Crippen LogP contribution in [0.25, 0.3) is 0 Å². The molecule has 0 radical (unpaired) electrons. The Labute approximate surface area is 371 Å². The molecule has 1 fully saturated rings. The molecular formula is C48H94NO11P. The van der Waals surface area contributed by atoms with Crippen molar-refractivity contribution < 1.29 is 53.9 Å². The molecule has 362 valence electrons. The quantitative estimate of drug-likeness (QED) is 0.0164. The van der Waals surface area contributed by atoms with Gasteiger partial charge in [-0.2, -0.15) is 0 Å². The zero-order valence-corrected chi connectivity index (χ0v) is 39.6. The lowest BCUT2D eigenvalue weighted by atomic mass is 9.85. The summed E-state index contributed by atoms with van der Waals surface area (Å²) in [6, 6.07) is -1.11. The first-order valence-electron chi connectivity index (χ1n) is 25.1. The van der Waals surface area contributed by atoms with Crippen molar-refractivity contribution in [1.29, 1.82) is 0 Å². The van der Waals surface area contributed by atoms with Crippen LogP contribution in [0.2, 0.25) is 0 Å². The Hall–Kier alpha value is -0.920. The van der Waals surface area contributed by atoms with Gasteiger partial charge in [-0.1, -0.05) is 219 Å². The van der Waals surface area contributed by atoms with Crippen molar-refractivity contribution in [3.8, 4) is 0 Å². The molecule has 1 rings (SSSR count). The number of carbonyl (C=O) groups is 1. The molecule has 0 aromatic rings. The molecule has 6 unspecified atom stereocenters. The number of amides is 1. The van der Waals surface area contributed by atoms with Gasteiger partial charge in [0.15, 0.2) is 0 Å². The number of hydrogen-bond donors (Lipinski definition) is 8. The van der Waals surface area contributed by atoms with E-state index in [-0.39, 0.29) is 12.3 Å². The molecule has 1 aliphatic rings. The highest BCUT2D eigenvalue weighted by Crippen LogP contribution is 2.47. The van der Waals surface area contributed by atoms with E-state index in [0.29, 0.717) is 6.42 Å². The van der Waals surface area contributed by atoms with Crippen LogP contribution in [0.4, 0.5) is 0 Å². The molecule has 0 heterocycles. The van der Waals surface area contributed by atoms with Gasteiger partial charge in [-0.05, 0) is 19.3 Å². The lowest BCUT2D eigenvalue weighted by Crippen LogP contribution is -2.64. The van der Waals surface area contributed by atoms with Crippen LogP contribution < -0.4 is 5.32 Å². The Kier molecular flexibility index (Phi) is 36.5. The second kappa shape index (κ2) is 38.4. The monoisotopic (exact) mass is 892 g/mol. The molecule has 0 bridgehead atoms. The van der Waals surface area contributed by atoms with Gasteiger partial charge in [-0.15, -0.1) is 0 Å². The van der Waals surface area contributed by atoms with Crippen LogP contribution in [0.1, 0.15) is 232 Å². The number of rotatable bonds is 42. The molecule has 1 amide bonds. The lowest BCUT2D eigenvalue weighted by Gasteiger charge is -2.41. The first-order valence-corrected chi connectivity index (χ1v) is 26.6. The fraction of sp³-hybridized carbons (Fsp3) is 0.938. The van der Waals surface area contributed by atoms with Gasteiger partial charge in [-0.3, -0.25) is 13.8 Å². The maximum absolute atomic E-state index is 13.0. The molecule has 0 aliphatic heterocycles. The predicted molar refractivity (Wildman–Crippen MR) is 246 cm³/mol. The third-order valence-corrected chi connectivity index (χ3v) is 13.3. The first-order chi connectivity index (χ1) is 29.4. The first kappa shape index (κ1) is 58.1. The van der Waals surface area contributed by atoms with E-state index in [1.54, 1.807) is 0 Å². The zero-order valence-electron chi connectivity index (χ0n) is 38.7. The molecule has 9 atom stereocenters. The summed E-state index contributed by atoms with van der Waals surface area (Å²) in [5.74, 6) is -0.337. The summed E-state index contributed by atoms with van der Waals surface area (Å²) in [6.07, 6.45) is 31.5. The van der Waals surface area contributed by atoms with E-state index in [0.717, 1.165) is 44.9 Å². The van der Waals surface area contributed by atoms with Crippen molar-refractivity contribution in [1.82, 2.24) is 5.32 Å². The Balaban J connectivity index is 2.38. The van der Waals surface area contributed by atoms with Gasteiger partial charge in [0.05, 0.1) is 18.8 Å². The molecule has 12 nitrogen and oxygen atoms in total. The molecule has 8 N–H and O–H groups in total. The summed E-state index contributed by atoms with van der Waals surface area (Å²) in [7, 11) is -5.07. The third-order valence-electron chi connectivity index (χ3n) is 12.3. The highest BCUT2D eigenvalue weighted by atomic mass is 31.2. The summed E-state index contributed by atoms with van der Waals surface area (Å²) in [5.41, 5.74) is 0. The second-order valence-electron chi connectivity index (χ2n) is 18.0. The van der Waals surface area contributed by atoms with E-state index in [9.17, 15) is 44.9 Å². The lowest BCUT2D eigenvalue weighted by molar-refractivity contribution is -0.220. The van der Waals surface area contributed by atoms with Crippen LogP contribution in [-0.4, -0.2) is 96.8 Å². The van der Waals surface area contributed by atoms with Gasteiger partial charge in [0, 0.05) is 6.42 Å². The molecule has 0 saturated heterocycles. The maximum atomic E-state index is 13.0. The summed E-state index contributed by atoms with van der Waals surface area (Å²) in [5, 5.41) is 64.0. The van der Waals surface area contributed by atoms with E-state index >= 15 is 0 Å². The number of aliphatic hydroxyl groups is 6. The van der Waals surface area contributed by atoms with Crippen molar-refractivity contribution >= 4 is 13.7 Å². The summed E-state index contributed by atoms with van der Waals surface area (Å²) in [4.78, 5) is 23.4. The predicted octanol–water partition coefficient (Wildman–Crippen LogP) is 10.0. The molecular weight excluding hydrogens is 797 g/mol. The number of unbranched alkanes of at least 4 members (excludes halogenated alkanes) is 31. The zero-order chi connectivity index (χ0) is 45.0. The van der Waals surface area contributed by atoms with Crippen molar-refractivity contribution in [2.75, 3.05) is 6.61 Å². The average Bonchev–Trinajstić information content (AvgIpc) is 3.24. The van der Waals surface area contributed by atoms with Crippen LogP contribution in [0.3, 0.4) is 0 Å². The Morgan fingerprint density at radius 1 is 0.541 bits per heavy atom. The number of phosphoric ester groups is 1. The minimum Gasteiger partial charge on any atom is -0.387 e. The Morgan fingerprint density at radius 2 is 0.869 bits per heavy atom. The number of aliphatic hydroxyl groups excluding tert-OH is 6. The van der Waals surface area contributed by atoms with Crippen LogP contribution in [0.5, 0.6) is 0 Å². The molecule has 1 aliphatic carbocycles. The van der Waals surface area contributed by atoms with E-state index in [1.165, 1.54) is 167 Å². The largest absolute Gasteiger partial charge is 0.472 e. The minimum atomic E-state index is -5.07. The highest BCUT2D eigenvalue weighted by Gasteiger charge is 2.51. The summed E-state index contributed by atoms with van der Waals surface area (Å²) >= 11 is 0. The van der Waals surface area contributed by atoms with Gasteiger partial charge in [0.1, 0.15) is 36.6 Å². The molecule has 0 spiro atoms. The smallest absolute Gasteiger partial charge is 0.387 e. The SMILES string of the molecule is CCCCCCCCCCCC/C=C/[C@@H](O)[C@H](COP(=O)(O)OC1C(O)C(O)C(O)[C@@H](O)C1O)NC(=O)CCCCCCCCCCCCCCCCCCCCCCCC. The van der Waals surface area contributed by atoms with E-state index in [2.05, 4.69) is 19.2 Å². The van der Waals surface area contributed by atoms with Crippen LogP contribution in [0.15, 0.2) is 12.2 Å². The van der Waals surface area contributed by atoms with Gasteiger partial charge in [0.25, 0.3) is 0 Å². The molecule has 61 heavy (non-hydrogen) atoms. The standard InChI is InChI=1S/C48H94NO11P/c1-3-5-7-9-11-13-15-17-18-19-20-21-22-23-24-25-26-28-30-32-34-36-38-42(51)49-40(41(50)37-35-33-31-29-27-16-14-12-10-8-6-4-2)39-59-61(57,58)60-48-46(55)44(53)43(52)45(54)47(48)56/h35,37,40-41,43-48,50,52-56H,3-34,36,38-39H2,1-2H3,(H,49,51)(H,57,58)/b37-35+/t40-,41+,43?,44+,45?,46?,47?,48?/m0/s1. The molecule has 1 saturated carbocycles. The molecule has 0 aromatic heterocycles. The Bertz CT molecular complexity index is 1080. The summed E-state index contributed by atoms with van der Waals surface area (Å²) < 4.78 is 22.9. The number of nitrogens with one attached hydrogen (secondary N) is 1. The van der Waals surface area contributed by atoms with E-state index in [4.69, 9.17) is 9.05 Å². The number of phosphoric acid groups is 1. The molecule has 0 aromatic carbocycles. The fourth-order valence-electron chi connectivity index (χ4n) is 8.20. The maximum Gasteiger partial charge on any atom is 0.472 e. The third kappa shape index (κ3) is 30.0. The molecule has 13 heteroatoms. The van der Waals surface area contributed by atoms with Crippen molar-refractivity contribution in [3.05, 3.63) is 12.2 Å². The number of allylic oxidation sites excluding steroid dienone is 1. The van der Waals surface area contributed by atoms with Crippen LogP contribution >= 0.6 is 7.82 Å². The van der Waals surface area contributed by atoms with E-state index < -0.39 is 63.2 Å². The van der Waals surface area contributed by atoms with Gasteiger partial charge < -0.3 is 40.8 Å². The number of carbonyl (C=O) groups excluding carboxylic acids is 1. The normalized spacial score (nSPS) is 22.7. The van der Waals surface area contributed by atoms with Crippen molar-refractivity contribution in [2.45, 2.75) is 281 Å². The minimum absolute atomic E-state index is 0.219. The van der Waals surface area contributed by atoms with Crippen LogP contribution in [-0.2, 0) is 18.4 Å².